The molecule has 11 heteroatoms. The molecule has 0 radical (unpaired) electrons. The Morgan fingerprint density at radius 2 is 1.37 bits per heavy atom. The average Bonchev–Trinajstić information content (AvgIpc) is 3.07. The highest BCUT2D eigenvalue weighted by Gasteiger charge is 2.22. The first-order valence-electron chi connectivity index (χ1n) is 14.4. The molecule has 0 fully saturated rings. The third-order valence-electron chi connectivity index (χ3n) is 6.83. The van der Waals surface area contributed by atoms with Crippen molar-refractivity contribution >= 4 is 34.3 Å². The Bertz CT molecular complexity index is 1890. The smallest absolute Gasteiger partial charge is 0.357 e. The van der Waals surface area contributed by atoms with Crippen LogP contribution in [0.3, 0.4) is 0 Å². The Balaban J connectivity index is 1.31. The standard InChI is InChI=1S/C35H30O10S/c36-31(42-23-25-13-5-2-6-14-25)17-9-10-18-32(37)44-35-33(38)27-15-7-8-16-28(27)43-34(35)26-19-20-29(30(21-26)45-46(39)40)41-22-24-11-3-1-4-12-24/h1-8,11-16,19-21H,9-10,17-18,22-23H2,(H,39,40). The molecule has 0 bridgehead atoms. The van der Waals surface area contributed by atoms with Crippen LogP contribution in [0.4, 0.5) is 0 Å². The molecule has 0 aliphatic heterocycles. The zero-order valence-corrected chi connectivity index (χ0v) is 25.4. The Kier molecular flexibility index (Phi) is 10.9. The Labute approximate surface area is 267 Å². The van der Waals surface area contributed by atoms with E-state index in [9.17, 15) is 23.1 Å². The van der Waals surface area contributed by atoms with Gasteiger partial charge in [-0.25, -0.2) is 0 Å². The van der Waals surface area contributed by atoms with Gasteiger partial charge in [0, 0.05) is 18.4 Å². The molecule has 46 heavy (non-hydrogen) atoms. The van der Waals surface area contributed by atoms with E-state index in [1.54, 1.807) is 30.3 Å². The van der Waals surface area contributed by atoms with Crippen LogP contribution in [0, 0.1) is 0 Å². The minimum Gasteiger partial charge on any atom is -0.485 e. The number of unbranched alkanes of at least 4 members (excludes halogenated alkanes) is 1. The van der Waals surface area contributed by atoms with Crippen molar-refractivity contribution in [2.75, 3.05) is 0 Å². The Hall–Kier alpha value is -5.26. The molecule has 1 atom stereocenters. The van der Waals surface area contributed by atoms with E-state index < -0.39 is 22.8 Å². The molecule has 1 unspecified atom stereocenters. The van der Waals surface area contributed by atoms with E-state index >= 15 is 0 Å². The number of para-hydroxylation sites is 1. The molecule has 0 saturated carbocycles. The van der Waals surface area contributed by atoms with Gasteiger partial charge in [-0.05, 0) is 54.3 Å². The van der Waals surface area contributed by atoms with Gasteiger partial charge < -0.3 is 22.8 Å². The highest BCUT2D eigenvalue weighted by atomic mass is 32.2. The highest BCUT2D eigenvalue weighted by Crippen LogP contribution is 2.37. The van der Waals surface area contributed by atoms with Crippen molar-refractivity contribution in [1.29, 1.82) is 0 Å². The summed E-state index contributed by atoms with van der Waals surface area (Å²) in [6.45, 7) is 0.330. The molecule has 1 heterocycles. The summed E-state index contributed by atoms with van der Waals surface area (Å²) in [5.41, 5.74) is 1.64. The molecule has 5 aromatic rings. The van der Waals surface area contributed by atoms with Crippen LogP contribution in [-0.2, 0) is 38.9 Å². The van der Waals surface area contributed by atoms with E-state index in [2.05, 4.69) is 0 Å². The van der Waals surface area contributed by atoms with Gasteiger partial charge >= 0.3 is 23.3 Å². The summed E-state index contributed by atoms with van der Waals surface area (Å²) >= 11 is -2.69. The summed E-state index contributed by atoms with van der Waals surface area (Å²) < 4.78 is 48.9. The Morgan fingerprint density at radius 3 is 2.07 bits per heavy atom. The normalized spacial score (nSPS) is 11.5. The van der Waals surface area contributed by atoms with Gasteiger partial charge in [-0.2, -0.15) is 4.21 Å². The predicted octanol–water partition coefficient (Wildman–Crippen LogP) is 6.76. The molecule has 0 amide bonds. The largest absolute Gasteiger partial charge is 0.485 e. The van der Waals surface area contributed by atoms with E-state index in [1.165, 1.54) is 12.1 Å². The summed E-state index contributed by atoms with van der Waals surface area (Å²) in [6, 6.07) is 29.5. The molecule has 236 valence electrons. The first-order valence-corrected chi connectivity index (χ1v) is 15.5. The summed E-state index contributed by atoms with van der Waals surface area (Å²) in [5.74, 6) is -1.44. The van der Waals surface area contributed by atoms with Crippen molar-refractivity contribution in [3.05, 3.63) is 124 Å². The molecule has 0 aliphatic carbocycles. The van der Waals surface area contributed by atoms with E-state index in [0.717, 1.165) is 11.1 Å². The van der Waals surface area contributed by atoms with Crippen LogP contribution in [0.2, 0.25) is 0 Å². The topological polar surface area (TPSA) is 139 Å². The molecular weight excluding hydrogens is 612 g/mol. The third-order valence-corrected chi connectivity index (χ3v) is 7.15. The van der Waals surface area contributed by atoms with Gasteiger partial charge in [-0.3, -0.25) is 18.9 Å². The van der Waals surface area contributed by atoms with Gasteiger partial charge in [-0.15, -0.1) is 0 Å². The van der Waals surface area contributed by atoms with E-state index in [1.807, 2.05) is 60.7 Å². The molecule has 0 spiro atoms. The zero-order chi connectivity index (χ0) is 32.3. The fourth-order valence-electron chi connectivity index (χ4n) is 4.57. The molecule has 0 aliphatic rings. The third kappa shape index (κ3) is 8.68. The number of rotatable bonds is 14. The lowest BCUT2D eigenvalue weighted by Crippen LogP contribution is -2.16. The SMILES string of the molecule is O=C(CCCCC(=O)Oc1c(-c2ccc(OCc3ccccc3)c(OS(=O)O)c2)oc2ccccc2c1=O)OCc1ccccc1. The molecule has 1 N–H and O–H groups in total. The number of fused-ring (bicyclic) bond motifs is 1. The number of esters is 2. The number of hydrogen-bond donors (Lipinski definition) is 1. The lowest BCUT2D eigenvalue weighted by atomic mass is 10.1. The van der Waals surface area contributed by atoms with Crippen LogP contribution in [0.25, 0.3) is 22.3 Å². The first-order chi connectivity index (χ1) is 22.4. The Morgan fingerprint density at radius 1 is 0.739 bits per heavy atom. The molecule has 5 rings (SSSR count). The van der Waals surface area contributed by atoms with Crippen molar-refractivity contribution in [3.63, 3.8) is 0 Å². The maximum absolute atomic E-state index is 13.5. The van der Waals surface area contributed by atoms with Crippen molar-refractivity contribution in [3.8, 4) is 28.6 Å². The maximum atomic E-state index is 13.5. The maximum Gasteiger partial charge on any atom is 0.357 e. The van der Waals surface area contributed by atoms with Crippen molar-refractivity contribution in [2.24, 2.45) is 0 Å². The summed E-state index contributed by atoms with van der Waals surface area (Å²) in [5, 5.41) is 0.200. The fourth-order valence-corrected chi connectivity index (χ4v) is 4.85. The van der Waals surface area contributed by atoms with Crippen molar-refractivity contribution < 1.29 is 41.2 Å². The number of hydrogen-bond acceptors (Lipinski definition) is 9. The van der Waals surface area contributed by atoms with E-state index in [4.69, 9.17) is 22.8 Å². The van der Waals surface area contributed by atoms with Gasteiger partial charge in [0.15, 0.2) is 17.3 Å². The summed E-state index contributed by atoms with van der Waals surface area (Å²) in [6.07, 6.45) is 0.756. The van der Waals surface area contributed by atoms with Crippen LogP contribution in [0.15, 0.2) is 112 Å². The quantitative estimate of drug-likeness (QED) is 0.0785. The number of benzene rings is 4. The lowest BCUT2D eigenvalue weighted by Gasteiger charge is -2.14. The van der Waals surface area contributed by atoms with Gasteiger partial charge in [0.1, 0.15) is 18.8 Å². The molecule has 1 aromatic heterocycles. The monoisotopic (exact) mass is 642 g/mol. The number of ether oxygens (including phenoxy) is 3. The van der Waals surface area contributed by atoms with Gasteiger partial charge in [0.05, 0.1) is 5.39 Å². The molecule has 4 aromatic carbocycles. The van der Waals surface area contributed by atoms with Gasteiger partial charge in [0.2, 0.25) is 11.2 Å². The van der Waals surface area contributed by atoms with Crippen molar-refractivity contribution in [1.82, 2.24) is 0 Å². The zero-order valence-electron chi connectivity index (χ0n) is 24.6. The van der Waals surface area contributed by atoms with Crippen LogP contribution < -0.4 is 19.1 Å². The average molecular weight is 643 g/mol. The second-order valence-electron chi connectivity index (χ2n) is 10.1. The van der Waals surface area contributed by atoms with Crippen LogP contribution in [-0.4, -0.2) is 20.7 Å². The fraction of sp³-hybridized carbons (Fsp3) is 0.171. The second kappa shape index (κ2) is 15.6. The second-order valence-corrected chi connectivity index (χ2v) is 10.8. The lowest BCUT2D eigenvalue weighted by molar-refractivity contribution is -0.145. The minimum absolute atomic E-state index is 0.0677. The molecular formula is C35H30O10S. The number of carbonyl (C=O) groups excluding carboxylic acids is 2. The van der Waals surface area contributed by atoms with Gasteiger partial charge in [-0.1, -0.05) is 72.8 Å². The van der Waals surface area contributed by atoms with Crippen LogP contribution in [0.5, 0.6) is 17.2 Å². The van der Waals surface area contributed by atoms with Gasteiger partial charge in [0.25, 0.3) is 0 Å². The van der Waals surface area contributed by atoms with E-state index in [0.29, 0.717) is 12.8 Å². The summed E-state index contributed by atoms with van der Waals surface area (Å²) in [7, 11) is 0. The summed E-state index contributed by atoms with van der Waals surface area (Å²) in [4.78, 5) is 38.5. The predicted molar refractivity (Wildman–Crippen MR) is 170 cm³/mol. The first kappa shape index (κ1) is 32.1. The van der Waals surface area contributed by atoms with E-state index in [-0.39, 0.29) is 71.6 Å². The molecule has 10 nitrogen and oxygen atoms in total. The van der Waals surface area contributed by atoms with Crippen molar-refractivity contribution in [2.45, 2.75) is 38.9 Å². The molecule has 0 saturated heterocycles. The minimum atomic E-state index is -2.69. The number of carbonyl (C=O) groups is 2. The van der Waals surface area contributed by atoms with Crippen LogP contribution >= 0.6 is 0 Å². The highest BCUT2D eigenvalue weighted by molar-refractivity contribution is 7.74. The van der Waals surface area contributed by atoms with Crippen LogP contribution in [0.1, 0.15) is 36.8 Å².